The normalized spacial score (nSPS) is 48.0. The van der Waals surface area contributed by atoms with Crippen molar-refractivity contribution >= 4 is 0 Å². The van der Waals surface area contributed by atoms with Crippen LogP contribution in [0.15, 0.2) is 0 Å². The molecule has 0 aromatic heterocycles. The minimum Gasteiger partial charge on any atom is -0.396 e. The van der Waals surface area contributed by atoms with Crippen LogP contribution >= 0.6 is 0 Å². The minimum atomic E-state index is -4.04. The summed E-state index contributed by atoms with van der Waals surface area (Å²) in [6.45, 7) is -0.0785. The van der Waals surface area contributed by atoms with E-state index in [0.29, 0.717) is 0 Å². The van der Waals surface area contributed by atoms with Gasteiger partial charge in [-0.3, -0.25) is 0 Å². The van der Waals surface area contributed by atoms with Gasteiger partial charge in [0.05, 0.1) is 5.41 Å². The third-order valence-electron chi connectivity index (χ3n) is 3.08. The van der Waals surface area contributed by atoms with Gasteiger partial charge in [-0.15, -0.1) is 0 Å². The summed E-state index contributed by atoms with van der Waals surface area (Å²) in [5, 5.41) is 8.70. The van der Waals surface area contributed by atoms with Crippen LogP contribution in [0.1, 0.15) is 19.3 Å². The third-order valence-corrected chi connectivity index (χ3v) is 3.08. The molecule has 0 radical (unpaired) electrons. The fraction of sp³-hybridized carbons (Fsp3) is 1.00. The van der Waals surface area contributed by atoms with Crippen LogP contribution in [0.4, 0.5) is 13.2 Å². The number of hydrogen-bond acceptors (Lipinski definition) is 1. The minimum absolute atomic E-state index is 0.0785. The van der Waals surface area contributed by atoms with E-state index in [4.69, 9.17) is 5.11 Å². The molecule has 64 valence electrons. The molecule has 3 aliphatic carbocycles. The molecule has 3 fully saturated rings. The van der Waals surface area contributed by atoms with Gasteiger partial charge in [0.2, 0.25) is 0 Å². The van der Waals surface area contributed by atoms with Crippen molar-refractivity contribution in [3.63, 3.8) is 0 Å². The van der Waals surface area contributed by atoms with Crippen molar-refractivity contribution < 1.29 is 18.3 Å². The lowest BCUT2D eigenvalue weighted by Gasteiger charge is -2.70. The average molecular weight is 166 g/mol. The van der Waals surface area contributed by atoms with Crippen LogP contribution in [0.25, 0.3) is 0 Å². The topological polar surface area (TPSA) is 20.2 Å². The van der Waals surface area contributed by atoms with Gasteiger partial charge in [-0.05, 0) is 24.7 Å². The van der Waals surface area contributed by atoms with E-state index in [1.165, 1.54) is 0 Å². The number of alkyl halides is 3. The molecular weight excluding hydrogens is 157 g/mol. The molecule has 2 bridgehead atoms. The molecule has 0 unspecified atom stereocenters. The van der Waals surface area contributed by atoms with E-state index in [2.05, 4.69) is 0 Å². The van der Waals surface area contributed by atoms with Crippen LogP contribution in [0.5, 0.6) is 0 Å². The Balaban J connectivity index is 2.04. The molecule has 0 amide bonds. The summed E-state index contributed by atoms with van der Waals surface area (Å²) in [5.41, 5.74) is -1.73. The van der Waals surface area contributed by atoms with Crippen LogP contribution < -0.4 is 0 Å². The lowest BCUT2D eigenvalue weighted by Crippen LogP contribution is -2.69. The zero-order valence-corrected chi connectivity index (χ0v) is 5.91. The molecule has 11 heavy (non-hydrogen) atoms. The quantitative estimate of drug-likeness (QED) is 0.628. The van der Waals surface area contributed by atoms with Gasteiger partial charge in [-0.1, -0.05) is 0 Å². The molecule has 0 atom stereocenters. The maximum Gasteiger partial charge on any atom is 0.394 e. The Morgan fingerprint density at radius 1 is 1.18 bits per heavy atom. The second kappa shape index (κ2) is 1.58. The summed E-state index contributed by atoms with van der Waals surface area (Å²) >= 11 is 0. The molecule has 0 heterocycles. The summed E-state index contributed by atoms with van der Waals surface area (Å²) in [6, 6.07) is 0. The van der Waals surface area contributed by atoms with Gasteiger partial charge >= 0.3 is 6.18 Å². The van der Waals surface area contributed by atoms with E-state index in [-0.39, 0.29) is 31.3 Å². The predicted octanol–water partition coefficient (Wildman–Crippen LogP) is 1.71. The fourth-order valence-electron chi connectivity index (χ4n) is 2.47. The smallest absolute Gasteiger partial charge is 0.394 e. The van der Waals surface area contributed by atoms with Crippen molar-refractivity contribution in [2.24, 2.45) is 10.8 Å². The van der Waals surface area contributed by atoms with E-state index in [9.17, 15) is 13.2 Å². The summed E-state index contributed by atoms with van der Waals surface area (Å²) in [5.74, 6) is 0. The Labute approximate surface area is 62.2 Å². The van der Waals surface area contributed by atoms with Gasteiger partial charge in [0.15, 0.2) is 0 Å². The van der Waals surface area contributed by atoms with E-state index >= 15 is 0 Å². The molecule has 0 aliphatic heterocycles. The van der Waals surface area contributed by atoms with Gasteiger partial charge < -0.3 is 5.11 Å². The number of aliphatic hydroxyl groups excluding tert-OH is 1. The summed E-state index contributed by atoms with van der Waals surface area (Å²) in [4.78, 5) is 0. The Kier molecular flexibility index (Phi) is 1.06. The number of hydrogen-bond donors (Lipinski definition) is 1. The standard InChI is InChI=1S/C7H9F3O/c8-7(9,10)6-1-5(2-6,3-6)4-11/h11H,1-4H2. The third kappa shape index (κ3) is 0.662. The van der Waals surface area contributed by atoms with Crippen LogP contribution in [0.3, 0.4) is 0 Å². The molecule has 0 aromatic rings. The molecule has 0 saturated heterocycles. The van der Waals surface area contributed by atoms with Gasteiger partial charge in [-0.25, -0.2) is 0 Å². The first-order valence-corrected chi connectivity index (χ1v) is 3.61. The summed E-state index contributed by atoms with van der Waals surface area (Å²) in [7, 11) is 0. The van der Waals surface area contributed by atoms with Gasteiger partial charge in [0.25, 0.3) is 0 Å². The van der Waals surface area contributed by atoms with E-state index in [1.54, 1.807) is 0 Å². The van der Waals surface area contributed by atoms with Crippen LogP contribution in [-0.4, -0.2) is 17.9 Å². The zero-order chi connectivity index (χ0) is 8.33. The zero-order valence-electron chi connectivity index (χ0n) is 5.91. The lowest BCUT2D eigenvalue weighted by atomic mass is 9.35. The molecular formula is C7H9F3O. The van der Waals surface area contributed by atoms with Crippen molar-refractivity contribution in [2.45, 2.75) is 25.4 Å². The molecule has 1 nitrogen and oxygen atoms in total. The Bertz CT molecular complexity index is 177. The van der Waals surface area contributed by atoms with Crippen molar-refractivity contribution in [3.05, 3.63) is 0 Å². The highest BCUT2D eigenvalue weighted by molar-refractivity contribution is 5.19. The van der Waals surface area contributed by atoms with E-state index < -0.39 is 11.6 Å². The van der Waals surface area contributed by atoms with Crippen LogP contribution in [0.2, 0.25) is 0 Å². The monoisotopic (exact) mass is 166 g/mol. The average Bonchev–Trinajstić information content (AvgIpc) is 1.53. The number of rotatable bonds is 1. The number of aliphatic hydroxyl groups is 1. The molecule has 3 aliphatic rings. The maximum absolute atomic E-state index is 12.1. The van der Waals surface area contributed by atoms with Crippen molar-refractivity contribution in [1.82, 2.24) is 0 Å². The Morgan fingerprint density at radius 3 is 1.91 bits per heavy atom. The fourth-order valence-corrected chi connectivity index (χ4v) is 2.47. The SMILES string of the molecule is OCC12CC(C(F)(F)F)(C1)C2. The molecule has 0 spiro atoms. The highest BCUT2D eigenvalue weighted by Gasteiger charge is 2.77. The Hall–Kier alpha value is -0.250. The molecule has 3 saturated carbocycles. The molecule has 4 heteroatoms. The molecule has 1 N–H and O–H groups in total. The highest BCUT2D eigenvalue weighted by Crippen LogP contribution is 2.78. The maximum atomic E-state index is 12.1. The first-order valence-electron chi connectivity index (χ1n) is 3.61. The summed E-state index contributed by atoms with van der Waals surface area (Å²) < 4.78 is 36.4. The van der Waals surface area contributed by atoms with E-state index in [1.807, 2.05) is 0 Å². The highest BCUT2D eigenvalue weighted by atomic mass is 19.4. The predicted molar refractivity (Wildman–Crippen MR) is 31.9 cm³/mol. The number of halogens is 3. The van der Waals surface area contributed by atoms with Crippen molar-refractivity contribution in [2.75, 3.05) is 6.61 Å². The van der Waals surface area contributed by atoms with Crippen molar-refractivity contribution in [1.29, 1.82) is 0 Å². The van der Waals surface area contributed by atoms with Crippen LogP contribution in [0, 0.1) is 10.8 Å². The van der Waals surface area contributed by atoms with Gasteiger partial charge in [0, 0.05) is 6.61 Å². The lowest BCUT2D eigenvalue weighted by molar-refractivity contribution is -0.368. The summed E-state index contributed by atoms with van der Waals surface area (Å²) in [6.07, 6.45) is -3.58. The van der Waals surface area contributed by atoms with Gasteiger partial charge in [-0.2, -0.15) is 13.2 Å². The molecule has 0 aromatic carbocycles. The van der Waals surface area contributed by atoms with E-state index in [0.717, 1.165) is 0 Å². The first kappa shape index (κ1) is 7.40. The molecule has 3 rings (SSSR count). The second-order valence-electron chi connectivity index (χ2n) is 3.97. The largest absolute Gasteiger partial charge is 0.396 e. The van der Waals surface area contributed by atoms with Crippen molar-refractivity contribution in [3.8, 4) is 0 Å². The van der Waals surface area contributed by atoms with Crippen LogP contribution in [-0.2, 0) is 0 Å². The first-order chi connectivity index (χ1) is 4.93. The van der Waals surface area contributed by atoms with Gasteiger partial charge in [0.1, 0.15) is 0 Å². The second-order valence-corrected chi connectivity index (χ2v) is 3.97. The Morgan fingerprint density at radius 2 is 1.64 bits per heavy atom.